The molecule has 0 aliphatic heterocycles. The van der Waals surface area contributed by atoms with Gasteiger partial charge in [-0.1, -0.05) is 0 Å². The van der Waals surface area contributed by atoms with Gasteiger partial charge in [0.15, 0.2) is 0 Å². The molecule has 0 aromatic heterocycles. The molecule has 0 N–H and O–H groups in total. The lowest BCUT2D eigenvalue weighted by Gasteiger charge is -2.15. The largest absolute Gasteiger partial charge is 0.466 e. The van der Waals surface area contributed by atoms with Crippen LogP contribution in [0.1, 0.15) is 20.3 Å². The number of esters is 1. The molecule has 0 aromatic rings. The van der Waals surface area contributed by atoms with Gasteiger partial charge >= 0.3 is 12.1 Å². The summed E-state index contributed by atoms with van der Waals surface area (Å²) < 4.78 is 9.48. The molecule has 0 bridgehead atoms. The van der Waals surface area contributed by atoms with E-state index in [2.05, 4.69) is 0 Å². The molecule has 5 nitrogen and oxygen atoms in total. The summed E-state index contributed by atoms with van der Waals surface area (Å²) in [5.74, 6) is -0.302. The second-order valence-corrected chi connectivity index (χ2v) is 2.81. The van der Waals surface area contributed by atoms with E-state index in [1.807, 2.05) is 0 Å². The number of hydrogen-bond donors (Lipinski definition) is 0. The highest BCUT2D eigenvalue weighted by Gasteiger charge is 2.07. The van der Waals surface area contributed by atoms with Gasteiger partial charge in [-0.05, 0) is 13.3 Å². The summed E-state index contributed by atoms with van der Waals surface area (Å²) in [6.07, 6.45) is 0.268. The number of rotatable bonds is 5. The Morgan fingerprint density at radius 3 is 2.43 bits per heavy atom. The summed E-state index contributed by atoms with van der Waals surface area (Å²) in [5.41, 5.74) is 0. The lowest BCUT2D eigenvalue weighted by molar-refractivity contribution is -0.141. The zero-order valence-electron chi connectivity index (χ0n) is 8.91. The highest BCUT2D eigenvalue weighted by Crippen LogP contribution is 1.93. The second kappa shape index (κ2) is 7.17. The van der Waals surface area contributed by atoms with E-state index >= 15 is 0 Å². The van der Waals surface area contributed by atoms with Crippen LogP contribution in [0.4, 0.5) is 4.79 Å². The molecule has 0 saturated heterocycles. The van der Waals surface area contributed by atoms with Crippen LogP contribution < -0.4 is 0 Å². The number of carbonyl (C=O) groups excluding carboxylic acids is 2. The number of hydrogen-bond acceptors (Lipinski definition) is 4. The fourth-order valence-corrected chi connectivity index (χ4v) is 0.843. The standard InChI is InChI=1S/C9H17NO4/c1-4-13-9(12)10(3)6-5-7-14-8(2)11/h4-7H2,1-3H3. The van der Waals surface area contributed by atoms with Crippen molar-refractivity contribution in [3.05, 3.63) is 0 Å². The minimum Gasteiger partial charge on any atom is -0.466 e. The highest BCUT2D eigenvalue weighted by atomic mass is 16.6. The predicted octanol–water partition coefficient (Wildman–Crippen LogP) is 1.03. The second-order valence-electron chi connectivity index (χ2n) is 2.81. The molecule has 0 atom stereocenters. The van der Waals surface area contributed by atoms with Crippen molar-refractivity contribution in [2.45, 2.75) is 20.3 Å². The zero-order valence-corrected chi connectivity index (χ0v) is 8.91. The Morgan fingerprint density at radius 2 is 1.93 bits per heavy atom. The molecule has 0 rings (SSSR count). The van der Waals surface area contributed by atoms with Gasteiger partial charge in [-0.25, -0.2) is 4.79 Å². The molecule has 14 heavy (non-hydrogen) atoms. The summed E-state index contributed by atoms with van der Waals surface area (Å²) >= 11 is 0. The third-order valence-electron chi connectivity index (χ3n) is 1.52. The molecule has 0 fully saturated rings. The Morgan fingerprint density at radius 1 is 1.29 bits per heavy atom. The van der Waals surface area contributed by atoms with Gasteiger partial charge in [0.2, 0.25) is 0 Å². The fraction of sp³-hybridized carbons (Fsp3) is 0.778. The first kappa shape index (κ1) is 12.7. The van der Waals surface area contributed by atoms with E-state index in [1.165, 1.54) is 11.8 Å². The zero-order chi connectivity index (χ0) is 11.0. The van der Waals surface area contributed by atoms with E-state index < -0.39 is 0 Å². The molecule has 0 saturated carbocycles. The van der Waals surface area contributed by atoms with E-state index in [-0.39, 0.29) is 12.1 Å². The average Bonchev–Trinajstić information content (AvgIpc) is 2.12. The summed E-state index contributed by atoms with van der Waals surface area (Å²) in [5, 5.41) is 0. The van der Waals surface area contributed by atoms with Crippen LogP contribution in [0.5, 0.6) is 0 Å². The Bertz CT molecular complexity index is 193. The number of carbonyl (C=O) groups is 2. The van der Waals surface area contributed by atoms with E-state index in [0.717, 1.165) is 0 Å². The van der Waals surface area contributed by atoms with E-state index in [9.17, 15) is 9.59 Å². The van der Waals surface area contributed by atoms with Crippen molar-refractivity contribution in [2.75, 3.05) is 26.8 Å². The fourth-order valence-electron chi connectivity index (χ4n) is 0.843. The lowest BCUT2D eigenvalue weighted by Crippen LogP contribution is -2.29. The van der Waals surface area contributed by atoms with Gasteiger partial charge in [-0.3, -0.25) is 4.79 Å². The molecule has 0 aromatic carbocycles. The Balaban J connectivity index is 3.48. The summed E-state index contributed by atoms with van der Waals surface area (Å²) in [6.45, 7) is 4.33. The van der Waals surface area contributed by atoms with Crippen molar-refractivity contribution < 1.29 is 19.1 Å². The highest BCUT2D eigenvalue weighted by molar-refractivity contribution is 5.67. The molecule has 0 aliphatic rings. The maximum Gasteiger partial charge on any atom is 0.409 e. The van der Waals surface area contributed by atoms with Gasteiger partial charge < -0.3 is 14.4 Å². The molecule has 82 valence electrons. The van der Waals surface area contributed by atoms with Crippen LogP contribution in [0.3, 0.4) is 0 Å². The van der Waals surface area contributed by atoms with Gasteiger partial charge in [0, 0.05) is 20.5 Å². The molecule has 0 aliphatic carbocycles. The summed E-state index contributed by atoms with van der Waals surface area (Å²) in [4.78, 5) is 22.9. The van der Waals surface area contributed by atoms with Crippen molar-refractivity contribution >= 4 is 12.1 Å². The third-order valence-corrected chi connectivity index (χ3v) is 1.52. The van der Waals surface area contributed by atoms with Gasteiger partial charge in [0.25, 0.3) is 0 Å². The smallest absolute Gasteiger partial charge is 0.409 e. The minimum atomic E-state index is -0.352. The number of ether oxygens (including phenoxy) is 2. The SMILES string of the molecule is CCOC(=O)N(C)CCCOC(C)=O. The summed E-state index contributed by atoms with van der Waals surface area (Å²) in [7, 11) is 1.64. The summed E-state index contributed by atoms with van der Waals surface area (Å²) in [6, 6.07) is 0. The average molecular weight is 203 g/mol. The van der Waals surface area contributed by atoms with Crippen LogP contribution in [-0.2, 0) is 14.3 Å². The first-order chi connectivity index (χ1) is 6.57. The molecule has 0 spiro atoms. The quantitative estimate of drug-likeness (QED) is 0.494. The van der Waals surface area contributed by atoms with Crippen LogP contribution in [0.25, 0.3) is 0 Å². The first-order valence-electron chi connectivity index (χ1n) is 4.59. The lowest BCUT2D eigenvalue weighted by atomic mass is 10.4. The van der Waals surface area contributed by atoms with Crippen molar-refractivity contribution in [1.82, 2.24) is 4.90 Å². The number of amides is 1. The molecule has 0 unspecified atom stereocenters. The van der Waals surface area contributed by atoms with Crippen LogP contribution in [-0.4, -0.2) is 43.8 Å². The molecule has 5 heteroatoms. The molecular formula is C9H17NO4. The van der Waals surface area contributed by atoms with Crippen molar-refractivity contribution in [3.63, 3.8) is 0 Å². The molecular weight excluding hydrogens is 186 g/mol. The van der Waals surface area contributed by atoms with E-state index in [1.54, 1.807) is 14.0 Å². The maximum absolute atomic E-state index is 11.1. The van der Waals surface area contributed by atoms with Gasteiger partial charge in [0.05, 0.1) is 13.2 Å². The van der Waals surface area contributed by atoms with Crippen LogP contribution >= 0.6 is 0 Å². The van der Waals surface area contributed by atoms with Crippen LogP contribution in [0, 0.1) is 0 Å². The molecule has 1 amide bonds. The van der Waals surface area contributed by atoms with Crippen molar-refractivity contribution in [3.8, 4) is 0 Å². The first-order valence-corrected chi connectivity index (χ1v) is 4.59. The maximum atomic E-state index is 11.1. The Hall–Kier alpha value is -1.26. The van der Waals surface area contributed by atoms with E-state index in [4.69, 9.17) is 9.47 Å². The third kappa shape index (κ3) is 6.28. The Labute approximate surface area is 84.0 Å². The molecule has 0 heterocycles. The van der Waals surface area contributed by atoms with Gasteiger partial charge in [-0.2, -0.15) is 0 Å². The normalized spacial score (nSPS) is 9.36. The Kier molecular flexibility index (Phi) is 6.53. The number of nitrogens with zero attached hydrogens (tertiary/aromatic N) is 1. The monoisotopic (exact) mass is 203 g/mol. The van der Waals surface area contributed by atoms with Crippen LogP contribution in [0.2, 0.25) is 0 Å². The van der Waals surface area contributed by atoms with Crippen molar-refractivity contribution in [1.29, 1.82) is 0 Å². The van der Waals surface area contributed by atoms with E-state index in [0.29, 0.717) is 26.2 Å². The topological polar surface area (TPSA) is 55.8 Å². The molecule has 0 radical (unpaired) electrons. The minimum absolute atomic E-state index is 0.302. The van der Waals surface area contributed by atoms with Crippen LogP contribution in [0.15, 0.2) is 0 Å². The van der Waals surface area contributed by atoms with Gasteiger partial charge in [-0.15, -0.1) is 0 Å². The van der Waals surface area contributed by atoms with Gasteiger partial charge in [0.1, 0.15) is 0 Å². The predicted molar refractivity (Wildman–Crippen MR) is 50.9 cm³/mol. The van der Waals surface area contributed by atoms with Crippen molar-refractivity contribution in [2.24, 2.45) is 0 Å².